The number of hydrogen-bond donors (Lipinski definition) is 0. The number of rotatable bonds is 2. The minimum Gasteiger partial charge on any atom is -0.465 e. The van der Waals surface area contributed by atoms with Crippen LogP contribution in [0.5, 0.6) is 0 Å². The lowest BCUT2D eigenvalue weighted by Gasteiger charge is -2.34. The molecule has 5 heteroatoms. The van der Waals surface area contributed by atoms with Crippen LogP contribution >= 0.6 is 0 Å². The predicted octanol–water partition coefficient (Wildman–Crippen LogP) is 8.04. The normalized spacial score (nSPS) is 13.5. The van der Waals surface area contributed by atoms with Crippen molar-refractivity contribution in [3.05, 3.63) is 133 Å². The Bertz CT molecular complexity index is 2040. The Balaban J connectivity index is 1.47. The molecule has 5 aromatic carbocycles. The zero-order chi connectivity index (χ0) is 25.5. The van der Waals surface area contributed by atoms with Crippen molar-refractivity contribution in [3.63, 3.8) is 0 Å². The van der Waals surface area contributed by atoms with Gasteiger partial charge in [0.25, 0.3) is 0 Å². The summed E-state index contributed by atoms with van der Waals surface area (Å²) in [6.45, 7) is -0.172. The maximum atomic E-state index is 6.78. The van der Waals surface area contributed by atoms with Gasteiger partial charge in [0.15, 0.2) is 0 Å². The first-order chi connectivity index (χ1) is 19.4. The number of benzene rings is 5. The number of para-hydroxylation sites is 5. The summed E-state index contributed by atoms with van der Waals surface area (Å²) in [5, 5.41) is 2.37. The molecule has 2 aliphatic rings. The van der Waals surface area contributed by atoms with Gasteiger partial charge in [0.2, 0.25) is 0 Å². The van der Waals surface area contributed by atoms with Crippen LogP contribution in [0.25, 0.3) is 38.7 Å². The van der Waals surface area contributed by atoms with Crippen molar-refractivity contribution in [2.45, 2.75) is 0 Å². The van der Waals surface area contributed by atoms with Gasteiger partial charge in [0.1, 0.15) is 17.1 Å². The molecule has 4 heterocycles. The highest BCUT2D eigenvalue weighted by Crippen LogP contribution is 2.56. The number of fused-ring (bicyclic) bond motifs is 12. The van der Waals surface area contributed by atoms with Crippen molar-refractivity contribution in [3.8, 4) is 16.8 Å². The minimum atomic E-state index is -0.172. The molecular formula is C34H22BN3O. The van der Waals surface area contributed by atoms with Crippen LogP contribution in [0.4, 0.5) is 22.9 Å². The molecule has 0 aliphatic carbocycles. The van der Waals surface area contributed by atoms with Gasteiger partial charge in [-0.15, -0.1) is 0 Å². The SMILES string of the molecule is c1ccc(N2B3c4oc5ccccc5c4-c4ccccc4N3c3c2c2ccccc2n3-c2ccccc2)cc1. The summed E-state index contributed by atoms with van der Waals surface area (Å²) in [5.41, 5.74) is 10.1. The Labute approximate surface area is 226 Å². The van der Waals surface area contributed by atoms with E-state index in [2.05, 4.69) is 148 Å². The first-order valence-electron chi connectivity index (χ1n) is 13.3. The third kappa shape index (κ3) is 2.69. The van der Waals surface area contributed by atoms with Crippen LogP contribution in [0.2, 0.25) is 0 Å². The average Bonchev–Trinajstić information content (AvgIpc) is 3.66. The molecule has 7 aromatic rings. The smallest absolute Gasteiger partial charge is 0.460 e. The molecule has 0 spiro atoms. The van der Waals surface area contributed by atoms with Crippen LogP contribution in [0.1, 0.15) is 0 Å². The van der Waals surface area contributed by atoms with Crippen LogP contribution < -0.4 is 15.3 Å². The van der Waals surface area contributed by atoms with Crippen molar-refractivity contribution in [2.24, 2.45) is 0 Å². The van der Waals surface area contributed by atoms with Gasteiger partial charge in [0, 0.05) is 39.0 Å². The molecule has 2 aromatic heterocycles. The number of furan rings is 1. The maximum Gasteiger partial charge on any atom is 0.460 e. The van der Waals surface area contributed by atoms with Gasteiger partial charge >= 0.3 is 6.98 Å². The molecule has 0 atom stereocenters. The van der Waals surface area contributed by atoms with Gasteiger partial charge in [-0.1, -0.05) is 91.0 Å². The summed E-state index contributed by atoms with van der Waals surface area (Å²) in [6.07, 6.45) is 0. The van der Waals surface area contributed by atoms with E-state index in [1.165, 1.54) is 33.4 Å². The van der Waals surface area contributed by atoms with E-state index in [1.54, 1.807) is 0 Å². The van der Waals surface area contributed by atoms with Crippen LogP contribution in [-0.2, 0) is 0 Å². The second-order valence-electron chi connectivity index (χ2n) is 10.2. The van der Waals surface area contributed by atoms with Crippen molar-refractivity contribution in [1.29, 1.82) is 0 Å². The van der Waals surface area contributed by atoms with Gasteiger partial charge in [-0.25, -0.2) is 0 Å². The molecule has 2 aliphatic heterocycles. The van der Waals surface area contributed by atoms with Crippen molar-refractivity contribution < 1.29 is 4.42 Å². The Kier molecular flexibility index (Phi) is 4.11. The molecule has 0 N–H and O–H groups in total. The Morgan fingerprint density at radius 3 is 2.00 bits per heavy atom. The van der Waals surface area contributed by atoms with Crippen LogP contribution in [-0.4, -0.2) is 11.5 Å². The molecule has 0 bridgehead atoms. The van der Waals surface area contributed by atoms with Crippen molar-refractivity contribution >= 4 is 57.4 Å². The quantitative estimate of drug-likeness (QED) is 0.225. The standard InChI is InChI=1S/C34H22BN3O/c1-3-13-23(14-4-1)36-28-20-10-8-18-26(28)32-34(36)38-29-21-11-7-17-25(29)31-27-19-9-12-22-30(27)39-33(31)35(38)37(32)24-15-5-2-6-16-24/h1-22H. The van der Waals surface area contributed by atoms with E-state index in [4.69, 9.17) is 4.42 Å². The molecule has 0 unspecified atom stereocenters. The molecule has 0 amide bonds. The third-order valence-electron chi connectivity index (χ3n) is 8.12. The summed E-state index contributed by atoms with van der Waals surface area (Å²) < 4.78 is 9.19. The van der Waals surface area contributed by atoms with Crippen molar-refractivity contribution in [2.75, 3.05) is 9.62 Å². The molecule has 4 nitrogen and oxygen atoms in total. The van der Waals surface area contributed by atoms with E-state index in [9.17, 15) is 0 Å². The number of anilines is 4. The van der Waals surface area contributed by atoms with Gasteiger partial charge in [0.05, 0.1) is 11.2 Å². The van der Waals surface area contributed by atoms with E-state index in [-0.39, 0.29) is 6.98 Å². The highest BCUT2D eigenvalue weighted by atomic mass is 16.3. The summed E-state index contributed by atoms with van der Waals surface area (Å²) in [6, 6.07) is 47.3. The summed E-state index contributed by atoms with van der Waals surface area (Å²) >= 11 is 0. The molecule has 39 heavy (non-hydrogen) atoms. The van der Waals surface area contributed by atoms with Gasteiger partial charge in [-0.2, -0.15) is 0 Å². The minimum absolute atomic E-state index is 0.172. The van der Waals surface area contributed by atoms with Crippen LogP contribution in [0.15, 0.2) is 138 Å². The third-order valence-corrected chi connectivity index (χ3v) is 8.12. The lowest BCUT2D eigenvalue weighted by atomic mass is 9.63. The molecule has 0 saturated carbocycles. The second-order valence-corrected chi connectivity index (χ2v) is 10.2. The predicted molar refractivity (Wildman–Crippen MR) is 161 cm³/mol. The van der Waals surface area contributed by atoms with Gasteiger partial charge < -0.3 is 14.0 Å². The van der Waals surface area contributed by atoms with Crippen LogP contribution in [0.3, 0.4) is 0 Å². The highest BCUT2D eigenvalue weighted by Gasteiger charge is 2.53. The van der Waals surface area contributed by atoms with E-state index < -0.39 is 0 Å². The highest BCUT2D eigenvalue weighted by molar-refractivity contribution is 6.86. The van der Waals surface area contributed by atoms with E-state index in [0.717, 1.165) is 33.8 Å². The Morgan fingerprint density at radius 1 is 0.538 bits per heavy atom. The Morgan fingerprint density at radius 2 is 1.18 bits per heavy atom. The molecule has 0 fully saturated rings. The zero-order valence-corrected chi connectivity index (χ0v) is 21.0. The lowest BCUT2D eigenvalue weighted by Crippen LogP contribution is -2.55. The van der Waals surface area contributed by atoms with E-state index in [0.29, 0.717) is 0 Å². The molecule has 182 valence electrons. The largest absolute Gasteiger partial charge is 0.465 e. The average molecular weight is 499 g/mol. The first-order valence-corrected chi connectivity index (χ1v) is 13.3. The fraction of sp³-hybridized carbons (Fsp3) is 0. The maximum absolute atomic E-state index is 6.78. The number of nitrogens with zero attached hydrogens (tertiary/aromatic N) is 3. The number of hydrogen-bond acceptors (Lipinski definition) is 3. The van der Waals surface area contributed by atoms with E-state index in [1.807, 2.05) is 0 Å². The summed E-state index contributed by atoms with van der Waals surface area (Å²) in [4.78, 5) is 4.95. The van der Waals surface area contributed by atoms with Crippen molar-refractivity contribution in [1.82, 2.24) is 4.57 Å². The molecular weight excluding hydrogens is 477 g/mol. The fourth-order valence-corrected chi connectivity index (χ4v) is 6.62. The molecule has 0 saturated heterocycles. The first kappa shape index (κ1) is 20.9. The topological polar surface area (TPSA) is 24.6 Å². The summed E-state index contributed by atoms with van der Waals surface area (Å²) in [7, 11) is 0. The Hall–Kier alpha value is -5.16. The monoisotopic (exact) mass is 499 g/mol. The van der Waals surface area contributed by atoms with Crippen LogP contribution in [0, 0.1) is 0 Å². The van der Waals surface area contributed by atoms with Gasteiger partial charge in [-0.05, 0) is 42.5 Å². The number of aromatic nitrogens is 1. The summed E-state index contributed by atoms with van der Waals surface area (Å²) in [5.74, 6) is 1.15. The van der Waals surface area contributed by atoms with Gasteiger partial charge in [-0.3, -0.25) is 4.57 Å². The molecule has 0 radical (unpaired) electrons. The second kappa shape index (κ2) is 7.68. The lowest BCUT2D eigenvalue weighted by molar-refractivity contribution is 0.649. The fourth-order valence-electron chi connectivity index (χ4n) is 6.62. The van der Waals surface area contributed by atoms with E-state index >= 15 is 0 Å². The zero-order valence-electron chi connectivity index (χ0n) is 21.0. The molecule has 9 rings (SSSR count).